The fraction of sp³-hybridized carbons (Fsp3) is 0.833. The van der Waals surface area contributed by atoms with E-state index in [1.54, 1.807) is 4.90 Å². The molecule has 0 radical (unpaired) electrons. The van der Waals surface area contributed by atoms with Crippen molar-refractivity contribution in [2.24, 2.45) is 5.92 Å². The first kappa shape index (κ1) is 12.2. The predicted molar refractivity (Wildman–Crippen MR) is 59.5 cm³/mol. The van der Waals surface area contributed by atoms with Crippen LogP contribution in [0.25, 0.3) is 0 Å². The van der Waals surface area contributed by atoms with Gasteiger partial charge < -0.3 is 4.90 Å². The third kappa shape index (κ3) is 3.65. The summed E-state index contributed by atoms with van der Waals surface area (Å²) in [6, 6.07) is 0. The molecule has 1 fully saturated rings. The van der Waals surface area contributed by atoms with Gasteiger partial charge in [-0.2, -0.15) is 0 Å². The molecule has 0 bridgehead atoms. The molecule has 0 aliphatic carbocycles. The van der Waals surface area contributed by atoms with Gasteiger partial charge in [-0.15, -0.1) is 0 Å². The van der Waals surface area contributed by atoms with Crippen molar-refractivity contribution in [2.45, 2.75) is 46.0 Å². The molecule has 1 rings (SSSR count). The van der Waals surface area contributed by atoms with Crippen molar-refractivity contribution >= 4 is 11.7 Å². The van der Waals surface area contributed by atoms with Crippen LogP contribution in [0.4, 0.5) is 0 Å². The molecule has 1 unspecified atom stereocenters. The van der Waals surface area contributed by atoms with E-state index in [9.17, 15) is 9.59 Å². The van der Waals surface area contributed by atoms with Crippen molar-refractivity contribution in [3.63, 3.8) is 0 Å². The number of likely N-dealkylation sites (tertiary alicyclic amines) is 1. The second-order valence-corrected chi connectivity index (χ2v) is 4.40. The van der Waals surface area contributed by atoms with Crippen LogP contribution in [0.15, 0.2) is 0 Å². The van der Waals surface area contributed by atoms with Crippen molar-refractivity contribution in [1.82, 2.24) is 4.90 Å². The minimum atomic E-state index is 0.0843. The van der Waals surface area contributed by atoms with E-state index in [0.29, 0.717) is 13.0 Å². The Morgan fingerprint density at radius 3 is 2.80 bits per heavy atom. The average Bonchev–Trinajstić information content (AvgIpc) is 2.43. The van der Waals surface area contributed by atoms with Gasteiger partial charge in [0.15, 0.2) is 5.78 Å². The predicted octanol–water partition coefficient (Wildman–Crippen LogP) is 2.00. The summed E-state index contributed by atoms with van der Waals surface area (Å²) in [7, 11) is 0. The molecule has 1 aliphatic rings. The van der Waals surface area contributed by atoms with E-state index >= 15 is 0 Å². The zero-order chi connectivity index (χ0) is 11.3. The van der Waals surface area contributed by atoms with Gasteiger partial charge in [-0.3, -0.25) is 9.59 Å². The van der Waals surface area contributed by atoms with E-state index in [0.717, 1.165) is 32.2 Å². The monoisotopic (exact) mass is 211 g/mol. The standard InChI is InChI=1S/C12H21NO2/c1-3-10(2)11(14)9-13-8-6-4-5-7-12(13)15/h10H,3-9H2,1-2H3. The molecule has 1 saturated heterocycles. The maximum Gasteiger partial charge on any atom is 0.222 e. The van der Waals surface area contributed by atoms with Gasteiger partial charge in [0.05, 0.1) is 6.54 Å². The summed E-state index contributed by atoms with van der Waals surface area (Å²) in [6.45, 7) is 5.03. The fourth-order valence-electron chi connectivity index (χ4n) is 1.78. The topological polar surface area (TPSA) is 37.4 Å². The number of nitrogens with zero attached hydrogens (tertiary/aromatic N) is 1. The molecule has 0 aromatic rings. The lowest BCUT2D eigenvalue weighted by Gasteiger charge is -2.21. The molecule has 0 aromatic carbocycles. The minimum Gasteiger partial charge on any atom is -0.335 e. The first-order valence-corrected chi connectivity index (χ1v) is 5.95. The highest BCUT2D eigenvalue weighted by molar-refractivity contribution is 5.87. The Kier molecular flexibility index (Phi) is 4.79. The molecule has 1 heterocycles. The van der Waals surface area contributed by atoms with E-state index in [1.165, 1.54) is 0 Å². The molecule has 1 amide bonds. The smallest absolute Gasteiger partial charge is 0.222 e. The van der Waals surface area contributed by atoms with Gasteiger partial charge in [0.25, 0.3) is 0 Å². The van der Waals surface area contributed by atoms with Crippen LogP contribution in [-0.2, 0) is 9.59 Å². The molecule has 0 saturated carbocycles. The van der Waals surface area contributed by atoms with Crippen molar-refractivity contribution in [2.75, 3.05) is 13.1 Å². The maximum atomic E-state index is 11.7. The summed E-state index contributed by atoms with van der Waals surface area (Å²) in [6.07, 6.45) is 4.61. The number of rotatable bonds is 4. The molecule has 0 spiro atoms. The first-order chi connectivity index (χ1) is 7.15. The summed E-state index contributed by atoms with van der Waals surface area (Å²) in [4.78, 5) is 25.1. The summed E-state index contributed by atoms with van der Waals surface area (Å²) in [5.74, 6) is 0.443. The second kappa shape index (κ2) is 5.89. The van der Waals surface area contributed by atoms with Crippen LogP contribution in [0.1, 0.15) is 46.0 Å². The van der Waals surface area contributed by atoms with Gasteiger partial charge >= 0.3 is 0 Å². The fourth-order valence-corrected chi connectivity index (χ4v) is 1.78. The molecule has 3 nitrogen and oxygen atoms in total. The Balaban J connectivity index is 2.47. The molecule has 15 heavy (non-hydrogen) atoms. The Hall–Kier alpha value is -0.860. The number of hydrogen-bond acceptors (Lipinski definition) is 2. The zero-order valence-corrected chi connectivity index (χ0v) is 9.79. The van der Waals surface area contributed by atoms with Crippen LogP contribution in [-0.4, -0.2) is 29.7 Å². The minimum absolute atomic E-state index is 0.0843. The molecular weight excluding hydrogens is 190 g/mol. The van der Waals surface area contributed by atoms with Crippen LogP contribution < -0.4 is 0 Å². The molecule has 1 atom stereocenters. The maximum absolute atomic E-state index is 11.7. The first-order valence-electron chi connectivity index (χ1n) is 5.95. The number of carbonyl (C=O) groups is 2. The molecule has 0 aromatic heterocycles. The number of amides is 1. The normalized spacial score (nSPS) is 19.9. The van der Waals surface area contributed by atoms with Crippen LogP contribution in [0, 0.1) is 5.92 Å². The Labute approximate surface area is 91.8 Å². The van der Waals surface area contributed by atoms with E-state index in [1.807, 2.05) is 13.8 Å². The van der Waals surface area contributed by atoms with Gasteiger partial charge in [-0.1, -0.05) is 20.3 Å². The highest BCUT2D eigenvalue weighted by atomic mass is 16.2. The van der Waals surface area contributed by atoms with Crippen LogP contribution in [0.3, 0.4) is 0 Å². The molecule has 3 heteroatoms. The Morgan fingerprint density at radius 1 is 1.40 bits per heavy atom. The third-order valence-electron chi connectivity index (χ3n) is 3.18. The van der Waals surface area contributed by atoms with Gasteiger partial charge in [-0.25, -0.2) is 0 Å². The summed E-state index contributed by atoms with van der Waals surface area (Å²) < 4.78 is 0. The van der Waals surface area contributed by atoms with Crippen LogP contribution >= 0.6 is 0 Å². The van der Waals surface area contributed by atoms with Crippen molar-refractivity contribution in [3.05, 3.63) is 0 Å². The van der Waals surface area contributed by atoms with Crippen molar-refractivity contribution in [3.8, 4) is 0 Å². The molecule has 1 aliphatic heterocycles. The van der Waals surface area contributed by atoms with Gasteiger partial charge in [-0.05, 0) is 19.3 Å². The molecule has 0 N–H and O–H groups in total. The van der Waals surface area contributed by atoms with Crippen LogP contribution in [0.5, 0.6) is 0 Å². The summed E-state index contributed by atoms with van der Waals surface area (Å²) in [5, 5.41) is 0. The Morgan fingerprint density at radius 2 is 2.13 bits per heavy atom. The lowest BCUT2D eigenvalue weighted by molar-refractivity contribution is -0.136. The molecule has 86 valence electrons. The SMILES string of the molecule is CCC(C)C(=O)CN1CCCCCC1=O. The molecular formula is C12H21NO2. The van der Waals surface area contributed by atoms with Crippen molar-refractivity contribution < 1.29 is 9.59 Å². The van der Waals surface area contributed by atoms with Gasteiger partial charge in [0.1, 0.15) is 0 Å². The van der Waals surface area contributed by atoms with E-state index in [-0.39, 0.29) is 17.6 Å². The number of Topliss-reactive ketones (excluding diaryl/α,β-unsaturated/α-hetero) is 1. The highest BCUT2D eigenvalue weighted by Crippen LogP contribution is 2.12. The van der Waals surface area contributed by atoms with Crippen molar-refractivity contribution in [1.29, 1.82) is 0 Å². The third-order valence-corrected chi connectivity index (χ3v) is 3.18. The number of hydrogen-bond donors (Lipinski definition) is 0. The lowest BCUT2D eigenvalue weighted by atomic mass is 10.0. The Bertz CT molecular complexity index is 238. The second-order valence-electron chi connectivity index (χ2n) is 4.40. The largest absolute Gasteiger partial charge is 0.335 e. The van der Waals surface area contributed by atoms with E-state index in [2.05, 4.69) is 0 Å². The van der Waals surface area contributed by atoms with E-state index < -0.39 is 0 Å². The highest BCUT2D eigenvalue weighted by Gasteiger charge is 2.21. The quantitative estimate of drug-likeness (QED) is 0.713. The number of ketones is 1. The average molecular weight is 211 g/mol. The number of carbonyl (C=O) groups excluding carboxylic acids is 2. The zero-order valence-electron chi connectivity index (χ0n) is 9.79. The van der Waals surface area contributed by atoms with Gasteiger partial charge in [0.2, 0.25) is 5.91 Å². The van der Waals surface area contributed by atoms with Gasteiger partial charge in [0, 0.05) is 18.9 Å². The van der Waals surface area contributed by atoms with Crippen LogP contribution in [0.2, 0.25) is 0 Å². The van der Waals surface area contributed by atoms with E-state index in [4.69, 9.17) is 0 Å². The summed E-state index contributed by atoms with van der Waals surface area (Å²) >= 11 is 0. The summed E-state index contributed by atoms with van der Waals surface area (Å²) in [5.41, 5.74) is 0. The lowest BCUT2D eigenvalue weighted by Crippen LogP contribution is -2.36.